The van der Waals surface area contributed by atoms with Gasteiger partial charge >= 0.3 is 0 Å². The van der Waals surface area contributed by atoms with E-state index in [9.17, 15) is 4.79 Å². The minimum atomic E-state index is -0.170. The van der Waals surface area contributed by atoms with Gasteiger partial charge in [-0.1, -0.05) is 35.5 Å². The van der Waals surface area contributed by atoms with E-state index in [0.717, 1.165) is 20.7 Å². The molecule has 5 nitrogen and oxygen atoms in total. The summed E-state index contributed by atoms with van der Waals surface area (Å²) in [5, 5.41) is 11.5. The van der Waals surface area contributed by atoms with Crippen LogP contribution in [0.25, 0.3) is 11.5 Å². The van der Waals surface area contributed by atoms with Gasteiger partial charge in [-0.25, -0.2) is 0 Å². The molecule has 128 valence electrons. The van der Waals surface area contributed by atoms with Crippen LogP contribution in [0, 0.1) is 0 Å². The Kier molecular flexibility index (Phi) is 6.16. The molecule has 3 aromatic rings. The van der Waals surface area contributed by atoms with Gasteiger partial charge in [-0.3, -0.25) is 4.79 Å². The van der Waals surface area contributed by atoms with Gasteiger partial charge in [0.2, 0.25) is 11.8 Å². The summed E-state index contributed by atoms with van der Waals surface area (Å²) in [6.07, 6.45) is 0. The zero-order valence-corrected chi connectivity index (χ0v) is 17.2. The second kappa shape index (κ2) is 8.35. The van der Waals surface area contributed by atoms with Crippen LogP contribution < -0.4 is 5.32 Å². The number of halogens is 3. The molecule has 25 heavy (non-hydrogen) atoms. The number of carbonyl (C=O) groups is 1. The summed E-state index contributed by atoms with van der Waals surface area (Å²) >= 11 is 14.0. The number of hydrogen-bond acceptors (Lipinski definition) is 5. The second-order valence-electron chi connectivity index (χ2n) is 4.82. The number of carbonyl (C=O) groups excluding carboxylic acids is 1. The maximum atomic E-state index is 12.0. The number of nitrogens with one attached hydrogen (secondary N) is 1. The van der Waals surface area contributed by atoms with Gasteiger partial charge in [0, 0.05) is 14.6 Å². The predicted octanol–water partition coefficient (Wildman–Crippen LogP) is 5.65. The molecular formula is C16H10Br2ClN3O2S. The number of amides is 1. The van der Waals surface area contributed by atoms with Crippen molar-refractivity contribution in [2.24, 2.45) is 0 Å². The summed E-state index contributed by atoms with van der Waals surface area (Å²) in [6, 6.07) is 12.7. The van der Waals surface area contributed by atoms with Crippen molar-refractivity contribution in [3.63, 3.8) is 0 Å². The third-order valence-corrected chi connectivity index (χ3v) is 6.07. The number of nitrogens with zero attached hydrogens (tertiary/aromatic N) is 2. The lowest BCUT2D eigenvalue weighted by molar-refractivity contribution is -0.113. The third-order valence-electron chi connectivity index (χ3n) is 3.04. The van der Waals surface area contributed by atoms with E-state index in [1.165, 1.54) is 0 Å². The lowest BCUT2D eigenvalue weighted by Gasteiger charge is -2.05. The van der Waals surface area contributed by atoms with Crippen LogP contribution >= 0.6 is 55.2 Å². The average Bonchev–Trinajstić information content (AvgIpc) is 3.05. The minimum absolute atomic E-state index is 0.151. The van der Waals surface area contributed by atoms with Crippen LogP contribution in [0.3, 0.4) is 0 Å². The molecule has 0 aliphatic carbocycles. The van der Waals surface area contributed by atoms with Gasteiger partial charge in [0.1, 0.15) is 0 Å². The van der Waals surface area contributed by atoms with Crippen molar-refractivity contribution in [1.29, 1.82) is 0 Å². The van der Waals surface area contributed by atoms with Crippen molar-refractivity contribution in [3.8, 4) is 11.5 Å². The minimum Gasteiger partial charge on any atom is -0.411 e. The molecule has 0 saturated carbocycles. The predicted molar refractivity (Wildman–Crippen MR) is 106 cm³/mol. The molecule has 0 unspecified atom stereocenters. The normalized spacial score (nSPS) is 10.7. The fourth-order valence-electron chi connectivity index (χ4n) is 1.91. The highest BCUT2D eigenvalue weighted by atomic mass is 79.9. The smallest absolute Gasteiger partial charge is 0.277 e. The molecule has 0 aliphatic rings. The Hall–Kier alpha value is -1.35. The number of aromatic nitrogens is 2. The molecule has 1 amide bonds. The highest BCUT2D eigenvalue weighted by molar-refractivity contribution is 9.13. The molecule has 3 rings (SSSR count). The van der Waals surface area contributed by atoms with Crippen LogP contribution in [-0.4, -0.2) is 21.9 Å². The second-order valence-corrected chi connectivity index (χ2v) is 7.86. The molecule has 0 aliphatic heterocycles. The molecule has 9 heteroatoms. The van der Waals surface area contributed by atoms with Crippen molar-refractivity contribution in [3.05, 3.63) is 56.4 Å². The van der Waals surface area contributed by atoms with Gasteiger partial charge in [-0.15, -0.1) is 10.2 Å². The monoisotopic (exact) mass is 501 g/mol. The van der Waals surface area contributed by atoms with E-state index in [1.54, 1.807) is 18.2 Å². The Morgan fingerprint density at radius 1 is 1.16 bits per heavy atom. The number of anilines is 1. The quantitative estimate of drug-likeness (QED) is 0.456. The molecule has 0 atom stereocenters. The lowest BCUT2D eigenvalue weighted by atomic mass is 10.2. The lowest BCUT2D eigenvalue weighted by Crippen LogP contribution is -2.13. The molecule has 1 aromatic heterocycles. The van der Waals surface area contributed by atoms with E-state index in [-0.39, 0.29) is 11.7 Å². The first-order valence-corrected chi connectivity index (χ1v) is 9.94. The summed E-state index contributed by atoms with van der Waals surface area (Å²) in [6.45, 7) is 0. The van der Waals surface area contributed by atoms with Gasteiger partial charge in [0.15, 0.2) is 0 Å². The Morgan fingerprint density at radius 2 is 1.96 bits per heavy atom. The molecule has 0 radical (unpaired) electrons. The zero-order valence-electron chi connectivity index (χ0n) is 12.5. The fourth-order valence-corrected chi connectivity index (χ4v) is 3.31. The SMILES string of the molecule is O=C(CSc1nnc(-c2ccccc2Cl)o1)Nc1ccc(Br)c(Br)c1. The molecular weight excluding hydrogens is 494 g/mol. The van der Waals surface area contributed by atoms with Gasteiger partial charge in [0.25, 0.3) is 5.22 Å². The van der Waals surface area contributed by atoms with E-state index in [4.69, 9.17) is 16.0 Å². The molecule has 0 fully saturated rings. The molecule has 0 spiro atoms. The van der Waals surface area contributed by atoms with Gasteiger partial charge in [0.05, 0.1) is 16.3 Å². The van der Waals surface area contributed by atoms with Crippen LogP contribution in [0.4, 0.5) is 5.69 Å². The molecule has 1 heterocycles. The van der Waals surface area contributed by atoms with Crippen molar-refractivity contribution < 1.29 is 9.21 Å². The Morgan fingerprint density at radius 3 is 2.72 bits per heavy atom. The van der Waals surface area contributed by atoms with Crippen LogP contribution in [0.5, 0.6) is 0 Å². The molecule has 1 N–H and O–H groups in total. The van der Waals surface area contributed by atoms with E-state index in [1.807, 2.05) is 24.3 Å². The zero-order chi connectivity index (χ0) is 17.8. The molecule has 0 bridgehead atoms. The van der Waals surface area contributed by atoms with E-state index in [2.05, 4.69) is 47.4 Å². The van der Waals surface area contributed by atoms with Crippen LogP contribution in [-0.2, 0) is 4.79 Å². The van der Waals surface area contributed by atoms with E-state index >= 15 is 0 Å². The van der Waals surface area contributed by atoms with Gasteiger partial charge in [-0.05, 0) is 62.2 Å². The summed E-state index contributed by atoms with van der Waals surface area (Å²) < 4.78 is 7.32. The summed E-state index contributed by atoms with van der Waals surface area (Å²) in [5.74, 6) is 0.305. The summed E-state index contributed by atoms with van der Waals surface area (Å²) in [5.41, 5.74) is 1.36. The van der Waals surface area contributed by atoms with Crippen molar-refractivity contribution in [1.82, 2.24) is 10.2 Å². The first-order chi connectivity index (χ1) is 12.0. The number of benzene rings is 2. The average molecular weight is 504 g/mol. The Labute approximate surface area is 169 Å². The summed E-state index contributed by atoms with van der Waals surface area (Å²) in [7, 11) is 0. The van der Waals surface area contributed by atoms with Crippen molar-refractivity contribution in [2.75, 3.05) is 11.1 Å². The third kappa shape index (κ3) is 4.84. The van der Waals surface area contributed by atoms with Crippen LogP contribution in [0.1, 0.15) is 0 Å². The van der Waals surface area contributed by atoms with Crippen molar-refractivity contribution >= 4 is 66.8 Å². The number of hydrogen-bond donors (Lipinski definition) is 1. The number of rotatable bonds is 5. The first-order valence-electron chi connectivity index (χ1n) is 6.99. The van der Waals surface area contributed by atoms with Crippen LogP contribution in [0.15, 0.2) is 61.0 Å². The molecule has 0 saturated heterocycles. The summed E-state index contributed by atoms with van der Waals surface area (Å²) in [4.78, 5) is 12.0. The van der Waals surface area contributed by atoms with Crippen molar-refractivity contribution in [2.45, 2.75) is 5.22 Å². The standard InChI is InChI=1S/C16H10Br2ClN3O2S/c17-11-6-5-9(7-12(11)18)20-14(23)8-25-16-22-21-15(24-16)10-3-1-2-4-13(10)19/h1-7H,8H2,(H,20,23). The van der Waals surface area contributed by atoms with Gasteiger partial charge < -0.3 is 9.73 Å². The van der Waals surface area contributed by atoms with E-state index < -0.39 is 0 Å². The maximum Gasteiger partial charge on any atom is 0.277 e. The Balaban J connectivity index is 1.59. The maximum absolute atomic E-state index is 12.0. The highest BCUT2D eigenvalue weighted by Gasteiger charge is 2.13. The highest BCUT2D eigenvalue weighted by Crippen LogP contribution is 2.29. The first kappa shape index (κ1) is 18.4. The number of thioether (sulfide) groups is 1. The Bertz CT molecular complexity index is 920. The molecule has 2 aromatic carbocycles. The fraction of sp³-hybridized carbons (Fsp3) is 0.0625. The largest absolute Gasteiger partial charge is 0.411 e. The van der Waals surface area contributed by atoms with E-state index in [0.29, 0.717) is 27.4 Å². The topological polar surface area (TPSA) is 68.0 Å². The van der Waals surface area contributed by atoms with Gasteiger partial charge in [-0.2, -0.15) is 0 Å². The van der Waals surface area contributed by atoms with Crippen LogP contribution in [0.2, 0.25) is 5.02 Å².